The molecular formula is C32H46O13. The minimum atomic E-state index is -1.03. The minimum absolute atomic E-state index is 0.0198. The molecular weight excluding hydrogens is 592 g/mol. The van der Waals surface area contributed by atoms with Gasteiger partial charge >= 0.3 is 35.8 Å². The summed E-state index contributed by atoms with van der Waals surface area (Å²) >= 11 is 0. The van der Waals surface area contributed by atoms with Crippen LogP contribution in [-0.2, 0) is 61.9 Å². The molecule has 1 heterocycles. The highest BCUT2D eigenvalue weighted by molar-refractivity contribution is 5.87. The van der Waals surface area contributed by atoms with Gasteiger partial charge in [0.25, 0.3) is 0 Å². The van der Waals surface area contributed by atoms with Gasteiger partial charge in [-0.05, 0) is 59.3 Å². The molecule has 1 saturated heterocycles. The van der Waals surface area contributed by atoms with Crippen molar-refractivity contribution in [1.82, 2.24) is 0 Å². The van der Waals surface area contributed by atoms with Gasteiger partial charge in [0.1, 0.15) is 6.10 Å². The molecule has 45 heavy (non-hydrogen) atoms. The van der Waals surface area contributed by atoms with Crippen molar-refractivity contribution in [3.63, 3.8) is 0 Å². The zero-order chi connectivity index (χ0) is 33.8. The predicted octanol–water partition coefficient (Wildman–Crippen LogP) is 3.97. The largest absolute Gasteiger partial charge is 0.462 e. The Hall–Kier alpha value is -4.00. The van der Waals surface area contributed by atoms with Gasteiger partial charge in [0.15, 0.2) is 6.10 Å². The van der Waals surface area contributed by atoms with Crippen LogP contribution in [0.4, 0.5) is 0 Å². The standard InChI is InChI=1S/C32H46O13/c1-21(2)30(36)39-16-10-7-13-26(33)43-24-19-29(45-28(35)15-9-12-18-41-32(38)23(5)6)42-20-25(24)44-27(34)14-8-11-17-40-31(37)22(3)4/h24-25,29H,1,3,5,7-20H2,2,4,6H3/t24-,25+,29+/m0/s1. The zero-order valence-electron chi connectivity index (χ0n) is 26.6. The average molecular weight is 639 g/mol. The molecule has 0 bridgehead atoms. The van der Waals surface area contributed by atoms with Crippen LogP contribution in [0.3, 0.4) is 0 Å². The van der Waals surface area contributed by atoms with Crippen LogP contribution in [0.25, 0.3) is 0 Å². The van der Waals surface area contributed by atoms with E-state index in [1.165, 1.54) is 20.8 Å². The fraction of sp³-hybridized carbons (Fsp3) is 0.625. The number of unbranched alkanes of at least 4 members (excludes halogenated alkanes) is 3. The van der Waals surface area contributed by atoms with Gasteiger partial charge in [-0.3, -0.25) is 14.4 Å². The summed E-state index contributed by atoms with van der Waals surface area (Å²) in [7, 11) is 0. The van der Waals surface area contributed by atoms with Crippen molar-refractivity contribution in [2.45, 2.75) is 103 Å². The molecule has 0 amide bonds. The predicted molar refractivity (Wildman–Crippen MR) is 159 cm³/mol. The summed E-state index contributed by atoms with van der Waals surface area (Å²) in [4.78, 5) is 71.8. The molecule has 13 nitrogen and oxygen atoms in total. The first kappa shape index (κ1) is 39.0. The van der Waals surface area contributed by atoms with Crippen molar-refractivity contribution in [3.05, 3.63) is 36.5 Å². The fourth-order valence-electron chi connectivity index (χ4n) is 3.67. The second kappa shape index (κ2) is 21.7. The molecule has 1 fully saturated rings. The lowest BCUT2D eigenvalue weighted by atomic mass is 10.1. The van der Waals surface area contributed by atoms with Crippen molar-refractivity contribution in [3.8, 4) is 0 Å². The molecule has 0 radical (unpaired) electrons. The molecule has 1 rings (SSSR count). The maximum absolute atomic E-state index is 12.6. The summed E-state index contributed by atoms with van der Waals surface area (Å²) in [6.07, 6.45) is -0.378. The Labute approximate surface area is 264 Å². The third-order valence-electron chi connectivity index (χ3n) is 6.18. The van der Waals surface area contributed by atoms with Gasteiger partial charge in [0, 0.05) is 36.0 Å². The van der Waals surface area contributed by atoms with Crippen LogP contribution in [0.2, 0.25) is 0 Å². The quantitative estimate of drug-likeness (QED) is 0.0767. The average Bonchev–Trinajstić information content (AvgIpc) is 2.97. The van der Waals surface area contributed by atoms with Crippen molar-refractivity contribution in [2.75, 3.05) is 26.4 Å². The molecule has 0 unspecified atom stereocenters. The Bertz CT molecular complexity index is 1080. The molecule has 0 N–H and O–H groups in total. The Morgan fingerprint density at radius 2 is 0.911 bits per heavy atom. The molecule has 13 heteroatoms. The van der Waals surface area contributed by atoms with E-state index in [4.69, 9.17) is 33.2 Å². The second-order valence-electron chi connectivity index (χ2n) is 10.7. The van der Waals surface area contributed by atoms with Crippen LogP contribution < -0.4 is 0 Å². The number of rotatable bonds is 21. The molecule has 0 aromatic heterocycles. The Balaban J connectivity index is 2.60. The van der Waals surface area contributed by atoms with Crippen LogP contribution in [-0.4, -0.2) is 80.7 Å². The van der Waals surface area contributed by atoms with E-state index in [-0.39, 0.29) is 68.8 Å². The van der Waals surface area contributed by atoms with E-state index in [0.717, 1.165) is 0 Å². The molecule has 252 valence electrons. The van der Waals surface area contributed by atoms with Crippen molar-refractivity contribution in [1.29, 1.82) is 0 Å². The summed E-state index contributed by atoms with van der Waals surface area (Å²) in [5, 5.41) is 0. The molecule has 0 aliphatic carbocycles. The minimum Gasteiger partial charge on any atom is -0.462 e. The Kier molecular flexibility index (Phi) is 18.8. The number of hydrogen-bond acceptors (Lipinski definition) is 13. The highest BCUT2D eigenvalue weighted by Gasteiger charge is 2.38. The van der Waals surface area contributed by atoms with Gasteiger partial charge in [-0.1, -0.05) is 19.7 Å². The first-order chi connectivity index (χ1) is 21.3. The third kappa shape index (κ3) is 17.8. The molecule has 1 aliphatic heterocycles. The summed E-state index contributed by atoms with van der Waals surface area (Å²) in [6.45, 7) is 15.3. The van der Waals surface area contributed by atoms with Crippen LogP contribution in [0, 0.1) is 0 Å². The lowest BCUT2D eigenvalue weighted by Gasteiger charge is -2.34. The summed E-state index contributed by atoms with van der Waals surface area (Å²) in [5.74, 6) is -3.19. The van der Waals surface area contributed by atoms with E-state index in [9.17, 15) is 28.8 Å². The Morgan fingerprint density at radius 3 is 1.29 bits per heavy atom. The summed E-state index contributed by atoms with van der Waals surface area (Å²) in [5.41, 5.74) is 0.845. The SMILES string of the molecule is C=C(C)C(=O)OCCCCC(=O)O[C@@H]1C[C@H](OC(=O)CCCCOC(=O)C(=C)C)[C@H](OC(=O)CCCCOC(=O)C(=C)C)CO1. The van der Waals surface area contributed by atoms with Crippen LogP contribution >= 0.6 is 0 Å². The van der Waals surface area contributed by atoms with Crippen molar-refractivity contribution >= 4 is 35.8 Å². The lowest BCUT2D eigenvalue weighted by molar-refractivity contribution is -0.230. The van der Waals surface area contributed by atoms with E-state index in [1.807, 2.05) is 0 Å². The van der Waals surface area contributed by atoms with Crippen molar-refractivity contribution in [2.24, 2.45) is 0 Å². The van der Waals surface area contributed by atoms with Crippen molar-refractivity contribution < 1.29 is 61.9 Å². The smallest absolute Gasteiger partial charge is 0.333 e. The van der Waals surface area contributed by atoms with Gasteiger partial charge in [-0.15, -0.1) is 0 Å². The maximum Gasteiger partial charge on any atom is 0.333 e. The van der Waals surface area contributed by atoms with Gasteiger partial charge in [0.2, 0.25) is 6.29 Å². The van der Waals surface area contributed by atoms with Crippen LogP contribution in [0.15, 0.2) is 36.5 Å². The first-order valence-corrected chi connectivity index (χ1v) is 15.0. The molecule has 1 aliphatic rings. The molecule has 3 atom stereocenters. The normalized spacial score (nSPS) is 17.3. The molecule has 0 aromatic carbocycles. The fourth-order valence-corrected chi connectivity index (χ4v) is 3.67. The lowest BCUT2D eigenvalue weighted by Crippen LogP contribution is -2.47. The van der Waals surface area contributed by atoms with Gasteiger partial charge < -0.3 is 33.2 Å². The Morgan fingerprint density at radius 1 is 0.556 bits per heavy atom. The summed E-state index contributed by atoms with van der Waals surface area (Å²) < 4.78 is 37.1. The first-order valence-electron chi connectivity index (χ1n) is 15.0. The number of carbonyl (C=O) groups excluding carboxylic acids is 6. The molecule has 0 saturated carbocycles. The maximum atomic E-state index is 12.6. The second-order valence-corrected chi connectivity index (χ2v) is 10.7. The number of carbonyl (C=O) groups is 6. The number of esters is 6. The van der Waals surface area contributed by atoms with Gasteiger partial charge in [-0.25, -0.2) is 14.4 Å². The topological polar surface area (TPSA) is 167 Å². The van der Waals surface area contributed by atoms with E-state index in [2.05, 4.69) is 19.7 Å². The van der Waals surface area contributed by atoms with Gasteiger partial charge in [-0.2, -0.15) is 0 Å². The van der Waals surface area contributed by atoms with E-state index < -0.39 is 54.3 Å². The van der Waals surface area contributed by atoms with Gasteiger partial charge in [0.05, 0.1) is 32.8 Å². The summed E-state index contributed by atoms with van der Waals surface area (Å²) in [6, 6.07) is 0. The highest BCUT2D eigenvalue weighted by atomic mass is 16.7. The van der Waals surface area contributed by atoms with E-state index in [0.29, 0.717) is 38.5 Å². The molecule has 0 aromatic rings. The van der Waals surface area contributed by atoms with E-state index in [1.54, 1.807) is 0 Å². The zero-order valence-corrected chi connectivity index (χ0v) is 26.6. The number of ether oxygens (including phenoxy) is 7. The molecule has 0 spiro atoms. The third-order valence-corrected chi connectivity index (χ3v) is 6.18. The monoisotopic (exact) mass is 638 g/mol. The van der Waals surface area contributed by atoms with Crippen LogP contribution in [0.5, 0.6) is 0 Å². The van der Waals surface area contributed by atoms with E-state index >= 15 is 0 Å². The highest BCUT2D eigenvalue weighted by Crippen LogP contribution is 2.23. The number of hydrogen-bond donors (Lipinski definition) is 0. The van der Waals surface area contributed by atoms with Crippen LogP contribution in [0.1, 0.15) is 85.0 Å².